The zero-order chi connectivity index (χ0) is 16.3. The Morgan fingerprint density at radius 2 is 1.95 bits per heavy atom. The number of nitrogens with one attached hydrogen (secondary N) is 1. The molecule has 0 radical (unpaired) electrons. The van der Waals surface area contributed by atoms with Crippen molar-refractivity contribution in [1.29, 1.82) is 0 Å². The van der Waals surface area contributed by atoms with Gasteiger partial charge in [0.05, 0.1) is 30.5 Å². The number of carbonyl (C=O) groups excluding carboxylic acids is 2. The quantitative estimate of drug-likeness (QED) is 0.594. The van der Waals surface area contributed by atoms with Crippen LogP contribution in [0, 0.1) is 0 Å². The lowest BCUT2D eigenvalue weighted by Crippen LogP contribution is -2.54. The molecule has 2 heterocycles. The summed E-state index contributed by atoms with van der Waals surface area (Å²) in [4.78, 5) is 24.4. The summed E-state index contributed by atoms with van der Waals surface area (Å²) in [5, 5.41) is 3.10. The molecule has 1 N–H and O–H groups in total. The second-order valence-corrected chi connectivity index (χ2v) is 6.46. The van der Waals surface area contributed by atoms with E-state index < -0.39 is 5.54 Å². The van der Waals surface area contributed by atoms with Gasteiger partial charge in [0.15, 0.2) is 0 Å². The Bertz CT molecular complexity index is 467. The summed E-state index contributed by atoms with van der Waals surface area (Å²) in [6.45, 7) is 7.93. The number of hydrogen-bond donors (Lipinski definition) is 1. The molecule has 1 saturated heterocycles. The summed E-state index contributed by atoms with van der Waals surface area (Å²) in [6, 6.07) is 0. The van der Waals surface area contributed by atoms with Gasteiger partial charge < -0.3 is 19.5 Å². The molecule has 124 valence electrons. The van der Waals surface area contributed by atoms with Gasteiger partial charge in [-0.1, -0.05) is 0 Å². The van der Waals surface area contributed by atoms with E-state index in [1.807, 2.05) is 27.7 Å². The molecule has 0 aliphatic carbocycles. The van der Waals surface area contributed by atoms with Gasteiger partial charge in [-0.2, -0.15) is 0 Å². The molecule has 0 aromatic heterocycles. The van der Waals surface area contributed by atoms with Crippen molar-refractivity contribution < 1.29 is 23.8 Å². The van der Waals surface area contributed by atoms with Gasteiger partial charge >= 0.3 is 11.9 Å². The first kappa shape index (κ1) is 16.8. The molecule has 1 fully saturated rings. The van der Waals surface area contributed by atoms with Gasteiger partial charge in [0.2, 0.25) is 0 Å². The fourth-order valence-electron chi connectivity index (χ4n) is 2.48. The van der Waals surface area contributed by atoms with E-state index in [4.69, 9.17) is 14.2 Å². The second kappa shape index (κ2) is 6.69. The average molecular weight is 311 g/mol. The highest BCUT2D eigenvalue weighted by Crippen LogP contribution is 2.32. The zero-order valence-corrected chi connectivity index (χ0v) is 13.7. The summed E-state index contributed by atoms with van der Waals surface area (Å²) in [6.07, 6.45) is 2.88. The van der Waals surface area contributed by atoms with E-state index in [1.54, 1.807) is 6.20 Å². The van der Waals surface area contributed by atoms with Crippen LogP contribution in [0.3, 0.4) is 0 Å². The number of esters is 2. The lowest BCUT2D eigenvalue weighted by atomic mass is 9.84. The van der Waals surface area contributed by atoms with Crippen molar-refractivity contribution in [3.63, 3.8) is 0 Å². The minimum Gasteiger partial charge on any atom is -0.461 e. The smallest absolute Gasteiger partial charge is 0.335 e. The summed E-state index contributed by atoms with van der Waals surface area (Å²) < 4.78 is 15.8. The van der Waals surface area contributed by atoms with E-state index in [2.05, 4.69) is 5.32 Å². The lowest BCUT2D eigenvalue weighted by molar-refractivity contribution is -0.157. The van der Waals surface area contributed by atoms with Crippen molar-refractivity contribution in [2.75, 3.05) is 6.61 Å². The van der Waals surface area contributed by atoms with Gasteiger partial charge in [0.1, 0.15) is 5.54 Å². The maximum atomic E-state index is 12.5. The van der Waals surface area contributed by atoms with Crippen molar-refractivity contribution in [2.45, 2.75) is 70.8 Å². The minimum atomic E-state index is -0.812. The van der Waals surface area contributed by atoms with Crippen molar-refractivity contribution in [1.82, 2.24) is 5.32 Å². The van der Waals surface area contributed by atoms with Crippen LogP contribution in [0.1, 0.15) is 47.0 Å². The van der Waals surface area contributed by atoms with Gasteiger partial charge in [0, 0.05) is 12.6 Å². The third-order valence-corrected chi connectivity index (χ3v) is 3.66. The molecule has 0 spiro atoms. The first-order chi connectivity index (χ1) is 10.3. The number of carbonyl (C=O) groups is 2. The van der Waals surface area contributed by atoms with Gasteiger partial charge in [-0.15, -0.1) is 0 Å². The molecule has 2 aliphatic heterocycles. The summed E-state index contributed by atoms with van der Waals surface area (Å²) in [5.41, 5.74) is -0.258. The van der Waals surface area contributed by atoms with Crippen LogP contribution in [0.2, 0.25) is 0 Å². The van der Waals surface area contributed by atoms with Gasteiger partial charge in [-0.25, -0.2) is 9.59 Å². The predicted octanol–water partition coefficient (Wildman–Crippen LogP) is 1.68. The highest BCUT2D eigenvalue weighted by atomic mass is 16.6. The van der Waals surface area contributed by atoms with Crippen LogP contribution >= 0.6 is 0 Å². The van der Waals surface area contributed by atoms with Crippen molar-refractivity contribution in [3.8, 4) is 0 Å². The zero-order valence-electron chi connectivity index (χ0n) is 13.7. The standard InChI is InChI=1S/C16H25NO5/c1-10(2)21-14(18)12-5-6-16(17-8-12,7-13-9-20-13)15(19)22-11(3)4/h8,10-11,13,17H,5-7,9H2,1-4H3/t13-,16-/m1/s1. The Kier molecular flexibility index (Phi) is 5.11. The number of epoxide rings is 1. The molecule has 6 nitrogen and oxygen atoms in total. The molecule has 0 unspecified atom stereocenters. The molecular weight excluding hydrogens is 286 g/mol. The van der Waals surface area contributed by atoms with Crippen molar-refractivity contribution in [2.24, 2.45) is 0 Å². The summed E-state index contributed by atoms with van der Waals surface area (Å²) in [7, 11) is 0. The average Bonchev–Trinajstić information content (AvgIpc) is 3.21. The van der Waals surface area contributed by atoms with E-state index in [1.165, 1.54) is 0 Å². The first-order valence-electron chi connectivity index (χ1n) is 7.83. The molecule has 6 heteroatoms. The SMILES string of the molecule is CC(C)OC(=O)C1=CN[C@](C[C@@H]2CO2)(C(=O)OC(C)C)CC1. The largest absolute Gasteiger partial charge is 0.461 e. The Balaban J connectivity index is 2.07. The molecular formula is C16H25NO5. The van der Waals surface area contributed by atoms with Crippen molar-refractivity contribution in [3.05, 3.63) is 11.8 Å². The van der Waals surface area contributed by atoms with Gasteiger partial charge in [0.25, 0.3) is 0 Å². The number of hydrogen-bond acceptors (Lipinski definition) is 6. The third-order valence-electron chi connectivity index (χ3n) is 3.66. The van der Waals surface area contributed by atoms with Crippen LogP contribution in [0.5, 0.6) is 0 Å². The highest BCUT2D eigenvalue weighted by molar-refractivity contribution is 5.90. The Labute approximate surface area is 131 Å². The Morgan fingerprint density at radius 3 is 2.41 bits per heavy atom. The molecule has 2 rings (SSSR count). The molecule has 0 bridgehead atoms. The van der Waals surface area contributed by atoms with E-state index in [9.17, 15) is 9.59 Å². The van der Waals surface area contributed by atoms with Gasteiger partial charge in [-0.3, -0.25) is 0 Å². The number of rotatable bonds is 6. The Hall–Kier alpha value is -1.56. The molecule has 22 heavy (non-hydrogen) atoms. The summed E-state index contributed by atoms with van der Waals surface area (Å²) >= 11 is 0. The fraction of sp³-hybridized carbons (Fsp3) is 0.750. The van der Waals surface area contributed by atoms with Gasteiger partial charge in [-0.05, 0) is 40.5 Å². The fourth-order valence-corrected chi connectivity index (χ4v) is 2.48. The Morgan fingerprint density at radius 1 is 1.32 bits per heavy atom. The number of ether oxygens (including phenoxy) is 3. The molecule has 2 atom stereocenters. The van der Waals surface area contributed by atoms with Crippen LogP contribution in [0.15, 0.2) is 11.8 Å². The monoisotopic (exact) mass is 311 g/mol. The first-order valence-corrected chi connectivity index (χ1v) is 7.83. The molecule has 0 aromatic carbocycles. The molecule has 0 saturated carbocycles. The second-order valence-electron chi connectivity index (χ2n) is 6.46. The van der Waals surface area contributed by atoms with E-state index in [0.717, 1.165) is 0 Å². The van der Waals surface area contributed by atoms with Crippen LogP contribution in [-0.4, -0.2) is 42.4 Å². The van der Waals surface area contributed by atoms with E-state index >= 15 is 0 Å². The molecule has 0 aromatic rings. The van der Waals surface area contributed by atoms with Crippen LogP contribution in [-0.2, 0) is 23.8 Å². The van der Waals surface area contributed by atoms with Crippen LogP contribution < -0.4 is 5.32 Å². The van der Waals surface area contributed by atoms with Crippen LogP contribution in [0.4, 0.5) is 0 Å². The third kappa shape index (κ3) is 4.22. The summed E-state index contributed by atoms with van der Waals surface area (Å²) in [5.74, 6) is -0.624. The van der Waals surface area contributed by atoms with Crippen molar-refractivity contribution >= 4 is 11.9 Å². The molecule has 0 amide bonds. The predicted molar refractivity (Wildman–Crippen MR) is 80.0 cm³/mol. The lowest BCUT2D eigenvalue weighted by Gasteiger charge is -2.35. The topological polar surface area (TPSA) is 77.2 Å². The minimum absolute atomic E-state index is 0.0878. The highest BCUT2D eigenvalue weighted by Gasteiger charge is 2.46. The van der Waals surface area contributed by atoms with E-state index in [0.29, 0.717) is 31.4 Å². The van der Waals surface area contributed by atoms with E-state index in [-0.39, 0.29) is 30.3 Å². The maximum Gasteiger partial charge on any atom is 0.335 e. The van der Waals surface area contributed by atoms with Crippen LogP contribution in [0.25, 0.3) is 0 Å². The normalized spacial score (nSPS) is 27.2. The maximum absolute atomic E-state index is 12.5. The molecule has 2 aliphatic rings.